The van der Waals surface area contributed by atoms with Gasteiger partial charge in [-0.3, -0.25) is 0 Å². The molecule has 3 nitrogen and oxygen atoms in total. The molecule has 94 valence electrons. The number of hydrogen-bond donors (Lipinski definition) is 1. The van der Waals surface area contributed by atoms with Crippen LogP contribution >= 0.6 is 0 Å². The normalized spacial score (nSPS) is 16.2. The van der Waals surface area contributed by atoms with Gasteiger partial charge in [-0.05, 0) is 12.8 Å². The lowest BCUT2D eigenvalue weighted by Crippen LogP contribution is -2.25. The van der Waals surface area contributed by atoms with Gasteiger partial charge in [0.15, 0.2) is 5.76 Å². The van der Waals surface area contributed by atoms with Gasteiger partial charge in [0.1, 0.15) is 0 Å². The fourth-order valence-corrected chi connectivity index (χ4v) is 2.51. The van der Waals surface area contributed by atoms with Gasteiger partial charge in [-0.15, -0.1) is 0 Å². The van der Waals surface area contributed by atoms with Crippen LogP contribution in [0.5, 0.6) is 0 Å². The molecule has 3 heteroatoms. The van der Waals surface area contributed by atoms with Crippen LogP contribution < -0.4 is 5.32 Å². The summed E-state index contributed by atoms with van der Waals surface area (Å²) in [6.07, 6.45) is 5.30. The topological polar surface area (TPSA) is 38.1 Å². The molecule has 0 unspecified atom stereocenters. The van der Waals surface area contributed by atoms with Crippen molar-refractivity contribution in [1.82, 2.24) is 10.5 Å². The lowest BCUT2D eigenvalue weighted by Gasteiger charge is -2.08. The average molecular weight is 242 g/mol. The Bertz CT molecular complexity index is 486. The Morgan fingerprint density at radius 3 is 2.72 bits per heavy atom. The predicted octanol–water partition coefficient (Wildman–Crippen LogP) is 3.37. The van der Waals surface area contributed by atoms with E-state index in [4.69, 9.17) is 4.52 Å². The van der Waals surface area contributed by atoms with Crippen molar-refractivity contribution >= 4 is 0 Å². The van der Waals surface area contributed by atoms with Gasteiger partial charge in [0.2, 0.25) is 0 Å². The molecule has 2 aromatic rings. The Kier molecular flexibility index (Phi) is 3.42. The summed E-state index contributed by atoms with van der Waals surface area (Å²) in [6.45, 7) is 0.807. The molecule has 0 amide bonds. The number of nitrogens with one attached hydrogen (secondary N) is 1. The summed E-state index contributed by atoms with van der Waals surface area (Å²) < 4.78 is 5.38. The second-order valence-corrected chi connectivity index (χ2v) is 4.91. The van der Waals surface area contributed by atoms with Crippen molar-refractivity contribution in [2.45, 2.75) is 38.3 Å². The van der Waals surface area contributed by atoms with Crippen LogP contribution in [-0.2, 0) is 6.54 Å². The first-order valence-electron chi connectivity index (χ1n) is 6.66. The van der Waals surface area contributed by atoms with Gasteiger partial charge >= 0.3 is 0 Å². The number of rotatable bonds is 4. The molecule has 1 aliphatic carbocycles. The molecule has 0 aliphatic heterocycles. The van der Waals surface area contributed by atoms with E-state index in [0.29, 0.717) is 6.04 Å². The van der Waals surface area contributed by atoms with E-state index in [1.165, 1.54) is 25.7 Å². The quantitative estimate of drug-likeness (QED) is 0.893. The van der Waals surface area contributed by atoms with Gasteiger partial charge in [-0.2, -0.15) is 0 Å². The highest BCUT2D eigenvalue weighted by atomic mass is 16.5. The fraction of sp³-hybridized carbons (Fsp3) is 0.400. The van der Waals surface area contributed by atoms with E-state index in [9.17, 15) is 0 Å². The van der Waals surface area contributed by atoms with E-state index in [1.54, 1.807) is 0 Å². The van der Waals surface area contributed by atoms with E-state index in [-0.39, 0.29) is 0 Å². The molecule has 18 heavy (non-hydrogen) atoms. The maximum absolute atomic E-state index is 5.38. The molecule has 0 atom stereocenters. The van der Waals surface area contributed by atoms with E-state index in [1.807, 2.05) is 36.4 Å². The molecule has 1 aromatic heterocycles. The maximum Gasteiger partial charge on any atom is 0.167 e. The third-order valence-corrected chi connectivity index (χ3v) is 3.54. The molecular formula is C15H18N2O. The van der Waals surface area contributed by atoms with Crippen LogP contribution in [0, 0.1) is 0 Å². The molecule has 0 radical (unpaired) electrons. The average Bonchev–Trinajstić information content (AvgIpc) is 3.09. The molecule has 1 heterocycles. The van der Waals surface area contributed by atoms with Crippen molar-refractivity contribution in [3.05, 3.63) is 42.1 Å². The second-order valence-electron chi connectivity index (χ2n) is 4.91. The Labute approximate surface area is 107 Å². The summed E-state index contributed by atoms with van der Waals surface area (Å²) >= 11 is 0. The Morgan fingerprint density at radius 2 is 1.94 bits per heavy atom. The molecule has 1 N–H and O–H groups in total. The first-order valence-corrected chi connectivity index (χ1v) is 6.66. The van der Waals surface area contributed by atoms with Crippen molar-refractivity contribution in [2.75, 3.05) is 0 Å². The van der Waals surface area contributed by atoms with E-state index in [2.05, 4.69) is 10.5 Å². The van der Waals surface area contributed by atoms with Crippen LogP contribution in [-0.4, -0.2) is 11.2 Å². The molecule has 0 saturated heterocycles. The van der Waals surface area contributed by atoms with Crippen LogP contribution in [0.3, 0.4) is 0 Å². The highest BCUT2D eigenvalue weighted by Crippen LogP contribution is 2.21. The maximum atomic E-state index is 5.38. The highest BCUT2D eigenvalue weighted by Gasteiger charge is 2.15. The zero-order valence-electron chi connectivity index (χ0n) is 10.4. The van der Waals surface area contributed by atoms with Crippen LogP contribution in [0.15, 0.2) is 40.9 Å². The Morgan fingerprint density at radius 1 is 1.17 bits per heavy atom. The lowest BCUT2D eigenvalue weighted by molar-refractivity contribution is 0.414. The third-order valence-electron chi connectivity index (χ3n) is 3.54. The summed E-state index contributed by atoms with van der Waals surface area (Å²) in [4.78, 5) is 0. The smallest absolute Gasteiger partial charge is 0.167 e. The number of nitrogens with zero attached hydrogens (tertiary/aromatic N) is 1. The van der Waals surface area contributed by atoms with Crippen molar-refractivity contribution < 1.29 is 4.52 Å². The molecule has 0 spiro atoms. The van der Waals surface area contributed by atoms with Crippen LogP contribution in [0.25, 0.3) is 11.3 Å². The fourth-order valence-electron chi connectivity index (χ4n) is 2.51. The minimum absolute atomic E-state index is 0.668. The number of aromatic nitrogens is 1. The lowest BCUT2D eigenvalue weighted by atomic mass is 10.1. The molecule has 1 aromatic carbocycles. The minimum atomic E-state index is 0.668. The van der Waals surface area contributed by atoms with Crippen LogP contribution in [0.1, 0.15) is 31.4 Å². The van der Waals surface area contributed by atoms with Gasteiger partial charge in [0.05, 0.1) is 5.69 Å². The van der Waals surface area contributed by atoms with Crippen molar-refractivity contribution in [3.8, 4) is 11.3 Å². The summed E-state index contributed by atoms with van der Waals surface area (Å²) in [5.74, 6) is 0.846. The summed E-state index contributed by atoms with van der Waals surface area (Å²) in [5.41, 5.74) is 2.07. The molecule has 3 rings (SSSR count). The highest BCUT2D eigenvalue weighted by molar-refractivity contribution is 5.56. The third kappa shape index (κ3) is 2.62. The minimum Gasteiger partial charge on any atom is -0.356 e. The van der Waals surface area contributed by atoms with Crippen molar-refractivity contribution in [2.24, 2.45) is 0 Å². The van der Waals surface area contributed by atoms with E-state index >= 15 is 0 Å². The largest absolute Gasteiger partial charge is 0.356 e. The van der Waals surface area contributed by atoms with Crippen molar-refractivity contribution in [1.29, 1.82) is 0 Å². The molecule has 0 bridgehead atoms. The monoisotopic (exact) mass is 242 g/mol. The first-order chi connectivity index (χ1) is 8.92. The summed E-state index contributed by atoms with van der Waals surface area (Å²) in [6, 6.07) is 12.8. The second kappa shape index (κ2) is 5.36. The van der Waals surface area contributed by atoms with Gasteiger partial charge in [0.25, 0.3) is 0 Å². The van der Waals surface area contributed by atoms with Crippen LogP contribution in [0.2, 0.25) is 0 Å². The van der Waals surface area contributed by atoms with E-state index < -0.39 is 0 Å². The summed E-state index contributed by atoms with van der Waals surface area (Å²) in [5, 5.41) is 7.66. The SMILES string of the molecule is c1ccc(-c2cc(CNC3CCCC3)no2)cc1. The van der Waals surface area contributed by atoms with Gasteiger partial charge in [-0.1, -0.05) is 48.3 Å². The molecule has 1 saturated carbocycles. The van der Waals surface area contributed by atoms with Gasteiger partial charge in [0, 0.05) is 24.2 Å². The van der Waals surface area contributed by atoms with E-state index in [0.717, 1.165) is 23.6 Å². The number of hydrogen-bond acceptors (Lipinski definition) is 3. The van der Waals surface area contributed by atoms with Gasteiger partial charge in [-0.25, -0.2) is 0 Å². The Balaban J connectivity index is 1.63. The van der Waals surface area contributed by atoms with Crippen LogP contribution in [0.4, 0.5) is 0 Å². The van der Waals surface area contributed by atoms with Crippen molar-refractivity contribution in [3.63, 3.8) is 0 Å². The summed E-state index contributed by atoms with van der Waals surface area (Å²) in [7, 11) is 0. The zero-order chi connectivity index (χ0) is 12.2. The molecule has 1 fully saturated rings. The standard InChI is InChI=1S/C15H18N2O/c1-2-6-12(7-3-1)15-10-14(17-18-15)11-16-13-8-4-5-9-13/h1-3,6-7,10,13,16H,4-5,8-9,11H2. The van der Waals surface area contributed by atoms with Gasteiger partial charge < -0.3 is 9.84 Å². The molecule has 1 aliphatic rings. The molecular weight excluding hydrogens is 224 g/mol. The zero-order valence-corrected chi connectivity index (χ0v) is 10.4. The predicted molar refractivity (Wildman–Crippen MR) is 71.0 cm³/mol. The Hall–Kier alpha value is -1.61. The first kappa shape index (κ1) is 11.5. The number of benzene rings is 1.